The zero-order valence-electron chi connectivity index (χ0n) is 17.3. The molecule has 1 aromatic carbocycles. The first-order valence-electron chi connectivity index (χ1n) is 9.99. The van der Waals surface area contributed by atoms with Crippen LogP contribution in [0.5, 0.6) is 0 Å². The predicted octanol–water partition coefficient (Wildman–Crippen LogP) is 4.33. The van der Waals surface area contributed by atoms with Crippen LogP contribution in [0.15, 0.2) is 52.5 Å². The fraction of sp³-hybridized carbons (Fsp3) is 0.391. The molecule has 1 aromatic heterocycles. The third-order valence-electron chi connectivity index (χ3n) is 4.90. The van der Waals surface area contributed by atoms with Crippen LogP contribution < -0.4 is 0 Å². The Kier molecular flexibility index (Phi) is 7.61. The maximum atomic E-state index is 11.9. The van der Waals surface area contributed by atoms with Crippen molar-refractivity contribution in [2.24, 2.45) is 5.16 Å². The fourth-order valence-electron chi connectivity index (χ4n) is 3.32. The monoisotopic (exact) mass is 412 g/mol. The molecule has 1 aliphatic rings. The van der Waals surface area contributed by atoms with E-state index < -0.39 is 0 Å². The van der Waals surface area contributed by atoms with Crippen LogP contribution in [0.2, 0.25) is 0 Å². The summed E-state index contributed by atoms with van der Waals surface area (Å²) >= 11 is 1.68. The first kappa shape index (κ1) is 21.3. The molecule has 0 saturated carbocycles. The molecule has 0 fully saturated rings. The zero-order chi connectivity index (χ0) is 20.6. The highest BCUT2D eigenvalue weighted by Gasteiger charge is 2.19. The molecule has 1 aliphatic heterocycles. The number of carbonyl (C=O) groups is 1. The molecule has 29 heavy (non-hydrogen) atoms. The number of esters is 1. The van der Waals surface area contributed by atoms with Crippen LogP contribution in [0.3, 0.4) is 0 Å². The molecule has 0 unspecified atom stereocenters. The first-order valence-corrected chi connectivity index (χ1v) is 10.9. The molecular weight excluding hydrogens is 384 g/mol. The average molecular weight is 413 g/mol. The summed E-state index contributed by atoms with van der Waals surface area (Å²) in [6.45, 7) is 9.09. The van der Waals surface area contributed by atoms with Gasteiger partial charge in [-0.05, 0) is 49.8 Å². The summed E-state index contributed by atoms with van der Waals surface area (Å²) in [4.78, 5) is 21.0. The Morgan fingerprint density at radius 3 is 2.76 bits per heavy atom. The topological polar surface area (TPSA) is 51.1 Å². The van der Waals surface area contributed by atoms with Crippen LogP contribution in [-0.2, 0) is 14.4 Å². The number of benzene rings is 1. The number of rotatable bonds is 8. The van der Waals surface area contributed by atoms with E-state index in [4.69, 9.17) is 9.57 Å². The van der Waals surface area contributed by atoms with Crippen molar-refractivity contribution in [2.75, 3.05) is 32.8 Å². The molecule has 154 valence electrons. The summed E-state index contributed by atoms with van der Waals surface area (Å²) in [7, 11) is 0. The van der Waals surface area contributed by atoms with Crippen LogP contribution >= 0.6 is 11.3 Å². The van der Waals surface area contributed by atoms with Gasteiger partial charge in [0.2, 0.25) is 0 Å². The number of hydrogen-bond acceptors (Lipinski definition) is 6. The van der Waals surface area contributed by atoms with Crippen molar-refractivity contribution in [1.29, 1.82) is 0 Å². The molecule has 3 rings (SSSR count). The minimum atomic E-state index is -0.217. The van der Waals surface area contributed by atoms with E-state index in [1.807, 2.05) is 25.1 Å². The Hall–Kier alpha value is -2.44. The van der Waals surface area contributed by atoms with Crippen molar-refractivity contribution in [3.8, 4) is 0 Å². The van der Waals surface area contributed by atoms with E-state index in [0.29, 0.717) is 26.3 Å². The van der Waals surface area contributed by atoms with Gasteiger partial charge in [0, 0.05) is 30.8 Å². The lowest BCUT2D eigenvalue weighted by Gasteiger charge is -2.25. The van der Waals surface area contributed by atoms with Gasteiger partial charge in [-0.15, -0.1) is 11.3 Å². The Balaban J connectivity index is 1.64. The van der Waals surface area contributed by atoms with Crippen LogP contribution in [0, 0.1) is 13.8 Å². The van der Waals surface area contributed by atoms with Gasteiger partial charge in [-0.3, -0.25) is 4.90 Å². The van der Waals surface area contributed by atoms with Gasteiger partial charge in [0.25, 0.3) is 0 Å². The van der Waals surface area contributed by atoms with Crippen LogP contribution in [-0.4, -0.2) is 49.4 Å². The van der Waals surface area contributed by atoms with Crippen molar-refractivity contribution in [3.63, 3.8) is 0 Å². The molecule has 2 aromatic rings. The normalized spacial score (nSPS) is 15.1. The Bertz CT molecular complexity index is 901. The van der Waals surface area contributed by atoms with Crippen molar-refractivity contribution in [1.82, 2.24) is 4.90 Å². The molecular formula is C23H28N2O3S. The summed E-state index contributed by atoms with van der Waals surface area (Å²) in [5.41, 5.74) is 5.06. The number of ether oxygens (including phenoxy) is 1. The molecule has 5 nitrogen and oxygen atoms in total. The number of hydrogen-bond donors (Lipinski definition) is 0. The number of nitrogens with zero attached hydrogens (tertiary/aromatic N) is 2. The van der Waals surface area contributed by atoms with Gasteiger partial charge in [-0.2, -0.15) is 0 Å². The molecule has 0 saturated heterocycles. The highest BCUT2D eigenvalue weighted by molar-refractivity contribution is 7.12. The quantitative estimate of drug-likeness (QED) is 0.280. The molecule has 6 heteroatoms. The van der Waals surface area contributed by atoms with Gasteiger partial charge in [0.15, 0.2) is 0 Å². The SMILES string of the molecule is CCOC(=O)C1=CCCN(CCO/N=C(/c2ccccc2C)c2sccc2C)C1. The smallest absolute Gasteiger partial charge is 0.334 e. The Morgan fingerprint density at radius 2 is 2.03 bits per heavy atom. The summed E-state index contributed by atoms with van der Waals surface area (Å²) < 4.78 is 5.11. The van der Waals surface area contributed by atoms with E-state index in [1.54, 1.807) is 11.3 Å². The molecule has 0 atom stereocenters. The van der Waals surface area contributed by atoms with Crippen molar-refractivity contribution < 1.29 is 14.4 Å². The Morgan fingerprint density at radius 1 is 1.21 bits per heavy atom. The molecule has 0 radical (unpaired) electrons. The lowest BCUT2D eigenvalue weighted by Crippen LogP contribution is -2.35. The number of thiophene rings is 1. The lowest BCUT2D eigenvalue weighted by molar-refractivity contribution is -0.139. The van der Waals surface area contributed by atoms with Gasteiger partial charge >= 0.3 is 5.97 Å². The van der Waals surface area contributed by atoms with E-state index in [0.717, 1.165) is 34.7 Å². The number of aryl methyl sites for hydroxylation is 2. The summed E-state index contributed by atoms with van der Waals surface area (Å²) in [5, 5.41) is 6.60. The fourth-order valence-corrected chi connectivity index (χ4v) is 4.24. The van der Waals surface area contributed by atoms with Gasteiger partial charge in [0.1, 0.15) is 12.3 Å². The van der Waals surface area contributed by atoms with Gasteiger partial charge in [-0.1, -0.05) is 35.5 Å². The maximum Gasteiger partial charge on any atom is 0.334 e. The maximum absolute atomic E-state index is 11.9. The van der Waals surface area contributed by atoms with E-state index in [1.165, 1.54) is 11.1 Å². The van der Waals surface area contributed by atoms with Crippen LogP contribution in [0.4, 0.5) is 0 Å². The molecule has 0 N–H and O–H groups in total. The van der Waals surface area contributed by atoms with E-state index >= 15 is 0 Å². The molecule has 0 bridgehead atoms. The summed E-state index contributed by atoms with van der Waals surface area (Å²) in [5.74, 6) is -0.217. The lowest BCUT2D eigenvalue weighted by atomic mass is 10.0. The number of carbonyl (C=O) groups excluding carboxylic acids is 1. The summed E-state index contributed by atoms with van der Waals surface area (Å²) in [6.07, 6.45) is 2.82. The molecule has 0 amide bonds. The highest BCUT2D eigenvalue weighted by atomic mass is 32.1. The minimum Gasteiger partial charge on any atom is -0.463 e. The van der Waals surface area contributed by atoms with Gasteiger partial charge in [-0.25, -0.2) is 4.79 Å². The van der Waals surface area contributed by atoms with Crippen LogP contribution in [0.1, 0.15) is 34.9 Å². The highest BCUT2D eigenvalue weighted by Crippen LogP contribution is 2.23. The predicted molar refractivity (Wildman–Crippen MR) is 118 cm³/mol. The third-order valence-corrected chi connectivity index (χ3v) is 5.92. The van der Waals surface area contributed by atoms with E-state index in [2.05, 4.69) is 47.5 Å². The summed E-state index contributed by atoms with van der Waals surface area (Å²) in [6, 6.07) is 10.3. The van der Waals surface area contributed by atoms with Crippen molar-refractivity contribution in [3.05, 3.63) is 68.9 Å². The van der Waals surface area contributed by atoms with Crippen molar-refractivity contribution in [2.45, 2.75) is 27.2 Å². The largest absolute Gasteiger partial charge is 0.463 e. The van der Waals surface area contributed by atoms with E-state index in [-0.39, 0.29) is 5.97 Å². The van der Waals surface area contributed by atoms with E-state index in [9.17, 15) is 4.79 Å². The minimum absolute atomic E-state index is 0.217. The van der Waals surface area contributed by atoms with Crippen LogP contribution in [0.25, 0.3) is 0 Å². The molecule has 0 aliphatic carbocycles. The second kappa shape index (κ2) is 10.4. The standard InChI is InChI=1S/C23H28N2O3S/c1-4-27-23(26)19-9-7-12-25(16-19)13-14-28-24-21(22-18(3)11-15-29-22)20-10-6-5-8-17(20)2/h5-6,8-11,15H,4,7,12-14,16H2,1-3H3/b24-21-. The molecule has 0 spiro atoms. The Labute approximate surface area is 176 Å². The third kappa shape index (κ3) is 5.55. The average Bonchev–Trinajstić information content (AvgIpc) is 3.15. The van der Waals surface area contributed by atoms with Gasteiger partial charge < -0.3 is 9.57 Å². The van der Waals surface area contributed by atoms with Crippen molar-refractivity contribution >= 4 is 23.0 Å². The second-order valence-corrected chi connectivity index (χ2v) is 7.95. The molecule has 2 heterocycles. The zero-order valence-corrected chi connectivity index (χ0v) is 18.1. The second-order valence-electron chi connectivity index (χ2n) is 7.04. The first-order chi connectivity index (χ1) is 14.1. The van der Waals surface area contributed by atoms with Gasteiger partial charge in [0.05, 0.1) is 11.5 Å². The number of oxime groups is 1.